The molecule has 0 fully saturated rings. The molecule has 3 aromatic rings. The van der Waals surface area contributed by atoms with Gasteiger partial charge in [-0.25, -0.2) is 9.37 Å². The Balaban J connectivity index is 2.33. The second-order valence-electron chi connectivity index (χ2n) is 5.17. The number of halogens is 2. The highest BCUT2D eigenvalue weighted by Gasteiger charge is 2.17. The van der Waals surface area contributed by atoms with Crippen LogP contribution in [0.25, 0.3) is 22.4 Å². The van der Waals surface area contributed by atoms with Crippen LogP contribution in [0.1, 0.15) is 19.9 Å². The molecule has 1 aromatic heterocycles. The Morgan fingerprint density at radius 1 is 1.24 bits per heavy atom. The van der Waals surface area contributed by atoms with Crippen LogP contribution in [0.15, 0.2) is 40.9 Å². The van der Waals surface area contributed by atoms with Gasteiger partial charge in [-0.2, -0.15) is 0 Å². The highest BCUT2D eigenvalue weighted by atomic mass is 79.9. The minimum absolute atomic E-state index is 0.123. The second-order valence-corrected chi connectivity index (χ2v) is 6.03. The first kappa shape index (κ1) is 14.1. The van der Waals surface area contributed by atoms with Crippen molar-refractivity contribution in [1.29, 1.82) is 0 Å². The molecule has 0 spiro atoms. The van der Waals surface area contributed by atoms with Crippen LogP contribution in [-0.2, 0) is 0 Å². The molecule has 0 aliphatic heterocycles. The quantitative estimate of drug-likeness (QED) is 0.715. The van der Waals surface area contributed by atoms with Crippen molar-refractivity contribution in [1.82, 2.24) is 9.55 Å². The molecule has 0 aliphatic carbocycles. The Labute approximate surface area is 130 Å². The monoisotopic (exact) mass is 348 g/mol. The lowest BCUT2D eigenvalue weighted by Gasteiger charge is -2.13. The number of nitrogens with zero attached hydrogens (tertiary/aromatic N) is 2. The molecule has 0 unspecified atom stereocenters. The molecule has 0 saturated carbocycles. The molecule has 0 saturated heterocycles. The molecule has 5 heteroatoms. The number of para-hydroxylation sites is 1. The van der Waals surface area contributed by atoms with Gasteiger partial charge in [0.2, 0.25) is 0 Å². The number of phenolic OH excluding ortho intramolecular Hbond substituents is 1. The summed E-state index contributed by atoms with van der Waals surface area (Å²) in [5, 5.41) is 9.86. The molecule has 108 valence electrons. The number of aromatic nitrogens is 2. The summed E-state index contributed by atoms with van der Waals surface area (Å²) in [6, 6.07) is 10.3. The van der Waals surface area contributed by atoms with E-state index in [0.717, 1.165) is 11.1 Å². The van der Waals surface area contributed by atoms with Crippen LogP contribution in [0.2, 0.25) is 0 Å². The van der Waals surface area contributed by atoms with Crippen LogP contribution in [0.5, 0.6) is 5.75 Å². The maximum Gasteiger partial charge on any atom is 0.151 e. The van der Waals surface area contributed by atoms with E-state index in [9.17, 15) is 9.50 Å². The number of hydrogen-bond donors (Lipinski definition) is 1. The smallest absolute Gasteiger partial charge is 0.151 e. The van der Waals surface area contributed by atoms with E-state index in [1.54, 1.807) is 18.2 Å². The Hall–Kier alpha value is -1.88. The Morgan fingerprint density at radius 3 is 2.67 bits per heavy atom. The molecule has 0 atom stereocenters. The predicted molar refractivity (Wildman–Crippen MR) is 84.9 cm³/mol. The fourth-order valence-corrected chi connectivity index (χ4v) is 2.71. The van der Waals surface area contributed by atoms with Crippen LogP contribution in [0.3, 0.4) is 0 Å². The lowest BCUT2D eigenvalue weighted by molar-refractivity contribution is 0.472. The normalized spacial score (nSPS) is 11.5. The minimum atomic E-state index is -0.338. The standard InChI is InChI=1S/C16H14BrFN2O/c1-9(2)20-13-5-3-4-12(18)15(13)19-16(20)10-6-7-11(17)14(21)8-10/h3-9,21H,1-2H3. The van der Waals surface area contributed by atoms with Gasteiger partial charge >= 0.3 is 0 Å². The van der Waals surface area contributed by atoms with Crippen LogP contribution in [0, 0.1) is 5.82 Å². The van der Waals surface area contributed by atoms with Gasteiger partial charge < -0.3 is 9.67 Å². The lowest BCUT2D eigenvalue weighted by Crippen LogP contribution is -2.03. The Bertz CT molecular complexity index is 827. The molecule has 0 radical (unpaired) electrons. The van der Waals surface area contributed by atoms with E-state index in [-0.39, 0.29) is 17.6 Å². The van der Waals surface area contributed by atoms with Crippen molar-refractivity contribution in [3.8, 4) is 17.1 Å². The SMILES string of the molecule is CC(C)n1c(-c2ccc(Br)c(O)c2)nc2c(F)cccc21. The zero-order chi connectivity index (χ0) is 15.1. The molecular weight excluding hydrogens is 335 g/mol. The molecular formula is C16H14BrFN2O. The number of phenols is 1. The summed E-state index contributed by atoms with van der Waals surface area (Å²) in [6.45, 7) is 4.04. The van der Waals surface area contributed by atoms with Gasteiger partial charge in [0.1, 0.15) is 17.1 Å². The molecule has 1 heterocycles. The summed E-state index contributed by atoms with van der Waals surface area (Å²) >= 11 is 3.26. The summed E-state index contributed by atoms with van der Waals surface area (Å²) in [6.07, 6.45) is 0. The predicted octanol–water partition coefficient (Wildman–Crippen LogP) is 4.89. The summed E-state index contributed by atoms with van der Waals surface area (Å²) < 4.78 is 16.6. The van der Waals surface area contributed by atoms with E-state index < -0.39 is 0 Å². The number of rotatable bonds is 2. The van der Waals surface area contributed by atoms with E-state index in [0.29, 0.717) is 15.8 Å². The Kier molecular flexibility index (Phi) is 3.45. The third-order valence-electron chi connectivity index (χ3n) is 3.39. The largest absolute Gasteiger partial charge is 0.507 e. The van der Waals surface area contributed by atoms with E-state index in [4.69, 9.17) is 0 Å². The number of fused-ring (bicyclic) bond motifs is 1. The van der Waals surface area contributed by atoms with E-state index >= 15 is 0 Å². The van der Waals surface area contributed by atoms with Crippen LogP contribution >= 0.6 is 15.9 Å². The Morgan fingerprint density at radius 2 is 2.00 bits per heavy atom. The lowest BCUT2D eigenvalue weighted by atomic mass is 10.2. The molecule has 0 bridgehead atoms. The first-order chi connectivity index (χ1) is 9.99. The van der Waals surface area contributed by atoms with Crippen molar-refractivity contribution < 1.29 is 9.50 Å². The van der Waals surface area contributed by atoms with Gasteiger partial charge in [-0.3, -0.25) is 0 Å². The zero-order valence-electron chi connectivity index (χ0n) is 11.6. The number of hydrogen-bond acceptors (Lipinski definition) is 2. The van der Waals surface area contributed by atoms with Crippen molar-refractivity contribution in [2.24, 2.45) is 0 Å². The van der Waals surface area contributed by atoms with Gasteiger partial charge in [0.25, 0.3) is 0 Å². The van der Waals surface area contributed by atoms with Gasteiger partial charge in [-0.05, 0) is 60.1 Å². The molecule has 2 aromatic carbocycles. The summed E-state index contributed by atoms with van der Waals surface area (Å²) in [4.78, 5) is 4.44. The van der Waals surface area contributed by atoms with Crippen molar-refractivity contribution in [2.45, 2.75) is 19.9 Å². The average Bonchev–Trinajstić information content (AvgIpc) is 2.83. The topological polar surface area (TPSA) is 38.0 Å². The number of aromatic hydroxyl groups is 1. The van der Waals surface area contributed by atoms with E-state index in [2.05, 4.69) is 20.9 Å². The van der Waals surface area contributed by atoms with Gasteiger partial charge in [-0.15, -0.1) is 0 Å². The highest BCUT2D eigenvalue weighted by Crippen LogP contribution is 2.33. The molecule has 3 nitrogen and oxygen atoms in total. The van der Waals surface area contributed by atoms with Gasteiger partial charge in [0.05, 0.1) is 9.99 Å². The minimum Gasteiger partial charge on any atom is -0.507 e. The maximum absolute atomic E-state index is 14.0. The molecule has 1 N–H and O–H groups in total. The van der Waals surface area contributed by atoms with Crippen molar-refractivity contribution in [2.75, 3.05) is 0 Å². The fourth-order valence-electron chi connectivity index (χ4n) is 2.46. The van der Waals surface area contributed by atoms with Gasteiger partial charge in [0.15, 0.2) is 5.82 Å². The van der Waals surface area contributed by atoms with E-state index in [1.165, 1.54) is 6.07 Å². The molecule has 21 heavy (non-hydrogen) atoms. The summed E-state index contributed by atoms with van der Waals surface area (Å²) in [5.74, 6) is 0.442. The molecule has 0 amide bonds. The highest BCUT2D eigenvalue weighted by molar-refractivity contribution is 9.10. The fraction of sp³-hybridized carbons (Fsp3) is 0.188. The van der Waals surface area contributed by atoms with Crippen LogP contribution in [-0.4, -0.2) is 14.7 Å². The third-order valence-corrected chi connectivity index (χ3v) is 4.06. The second kappa shape index (κ2) is 5.15. The maximum atomic E-state index is 14.0. The van der Waals surface area contributed by atoms with Crippen molar-refractivity contribution >= 4 is 27.0 Å². The van der Waals surface area contributed by atoms with Crippen LogP contribution < -0.4 is 0 Å². The van der Waals surface area contributed by atoms with Crippen LogP contribution in [0.4, 0.5) is 4.39 Å². The summed E-state index contributed by atoms with van der Waals surface area (Å²) in [5.41, 5.74) is 1.85. The van der Waals surface area contributed by atoms with Crippen molar-refractivity contribution in [3.05, 3.63) is 46.7 Å². The zero-order valence-corrected chi connectivity index (χ0v) is 13.2. The van der Waals surface area contributed by atoms with E-state index in [1.807, 2.05) is 30.5 Å². The van der Waals surface area contributed by atoms with Gasteiger partial charge in [0, 0.05) is 11.6 Å². The molecule has 3 rings (SSSR count). The number of benzene rings is 2. The first-order valence-electron chi connectivity index (χ1n) is 6.64. The molecule has 0 aliphatic rings. The van der Waals surface area contributed by atoms with Gasteiger partial charge in [-0.1, -0.05) is 6.07 Å². The summed E-state index contributed by atoms with van der Waals surface area (Å²) in [7, 11) is 0. The number of imidazole rings is 1. The first-order valence-corrected chi connectivity index (χ1v) is 7.43. The average molecular weight is 349 g/mol. The third kappa shape index (κ3) is 2.31. The van der Waals surface area contributed by atoms with Crippen molar-refractivity contribution in [3.63, 3.8) is 0 Å².